The Morgan fingerprint density at radius 3 is 2.63 bits per heavy atom. The van der Waals surface area contributed by atoms with Gasteiger partial charge in [0.05, 0.1) is 0 Å². The number of hydrogen-bond donors (Lipinski definition) is 1. The van der Waals surface area contributed by atoms with Crippen LogP contribution in [0.15, 0.2) is 0 Å². The lowest BCUT2D eigenvalue weighted by Crippen LogP contribution is -2.31. The van der Waals surface area contributed by atoms with Gasteiger partial charge in [0.2, 0.25) is 0 Å². The largest absolute Gasteiger partial charge is 0.314 e. The third kappa shape index (κ3) is 5.83. The van der Waals surface area contributed by atoms with E-state index in [-0.39, 0.29) is 0 Å². The summed E-state index contributed by atoms with van der Waals surface area (Å²) in [5, 5.41) is 3.82. The minimum absolute atomic E-state index is 0.820. The molecule has 1 aliphatic carbocycles. The van der Waals surface area contributed by atoms with Gasteiger partial charge >= 0.3 is 0 Å². The Morgan fingerprint density at radius 2 is 1.84 bits per heavy atom. The van der Waals surface area contributed by atoms with Crippen LogP contribution in [0.25, 0.3) is 0 Å². The van der Waals surface area contributed by atoms with Crippen molar-refractivity contribution in [3.63, 3.8) is 0 Å². The molecule has 0 bridgehead atoms. The van der Waals surface area contributed by atoms with E-state index in [2.05, 4.69) is 17.1 Å². The molecule has 2 unspecified atom stereocenters. The fourth-order valence-electron chi connectivity index (χ4n) is 3.89. The molecule has 2 heteroatoms. The zero-order chi connectivity index (χ0) is 13.3. The van der Waals surface area contributed by atoms with E-state index in [1.54, 1.807) is 0 Å². The molecule has 2 fully saturated rings. The molecule has 1 saturated carbocycles. The normalized spacial score (nSPS) is 29.5. The van der Waals surface area contributed by atoms with Crippen molar-refractivity contribution >= 4 is 0 Å². The number of rotatable bonds is 7. The maximum Gasteiger partial charge on any atom is 0.00671 e. The average Bonchev–Trinajstić information content (AvgIpc) is 2.83. The van der Waals surface area contributed by atoms with Crippen LogP contribution in [0.4, 0.5) is 0 Å². The van der Waals surface area contributed by atoms with Crippen LogP contribution in [0.1, 0.15) is 71.1 Å². The monoisotopic (exact) mass is 266 g/mol. The number of nitrogens with one attached hydrogen (secondary N) is 1. The van der Waals surface area contributed by atoms with Gasteiger partial charge in [-0.05, 0) is 70.6 Å². The van der Waals surface area contributed by atoms with Gasteiger partial charge < -0.3 is 10.2 Å². The van der Waals surface area contributed by atoms with Crippen molar-refractivity contribution in [2.45, 2.75) is 77.2 Å². The topological polar surface area (TPSA) is 15.3 Å². The second-order valence-corrected chi connectivity index (χ2v) is 6.72. The first-order valence-electron chi connectivity index (χ1n) is 8.84. The van der Waals surface area contributed by atoms with Crippen LogP contribution in [0.5, 0.6) is 0 Å². The molecule has 1 aliphatic heterocycles. The highest BCUT2D eigenvalue weighted by Gasteiger charge is 2.18. The van der Waals surface area contributed by atoms with E-state index < -0.39 is 0 Å². The van der Waals surface area contributed by atoms with Gasteiger partial charge in [-0.3, -0.25) is 0 Å². The Labute approximate surface area is 120 Å². The summed E-state index contributed by atoms with van der Waals surface area (Å²) in [4.78, 5) is 2.63. The molecular formula is C17H34N2. The Kier molecular flexibility index (Phi) is 7.23. The molecule has 0 aromatic rings. The van der Waals surface area contributed by atoms with Gasteiger partial charge in [0.15, 0.2) is 0 Å². The second-order valence-electron chi connectivity index (χ2n) is 6.72. The summed E-state index contributed by atoms with van der Waals surface area (Å²) in [5.74, 6) is 1.03. The minimum atomic E-state index is 0.820. The van der Waals surface area contributed by atoms with E-state index in [0.29, 0.717) is 0 Å². The zero-order valence-corrected chi connectivity index (χ0v) is 13.0. The van der Waals surface area contributed by atoms with Gasteiger partial charge in [-0.15, -0.1) is 0 Å². The Hall–Kier alpha value is -0.0800. The molecule has 2 aliphatic rings. The third-order valence-electron chi connectivity index (χ3n) is 5.07. The molecular weight excluding hydrogens is 232 g/mol. The Bertz CT molecular complexity index is 223. The molecule has 1 N–H and O–H groups in total. The summed E-state index contributed by atoms with van der Waals surface area (Å²) in [5.41, 5.74) is 0. The number of nitrogens with zero attached hydrogens (tertiary/aromatic N) is 1. The highest BCUT2D eigenvalue weighted by atomic mass is 15.1. The minimum Gasteiger partial charge on any atom is -0.314 e. The lowest BCUT2D eigenvalue weighted by Gasteiger charge is -2.19. The summed E-state index contributed by atoms with van der Waals surface area (Å²) in [6.07, 6.45) is 14.3. The lowest BCUT2D eigenvalue weighted by atomic mass is 9.95. The molecule has 0 amide bonds. The predicted molar refractivity (Wildman–Crippen MR) is 83.6 cm³/mol. The standard InChI is InChI=1S/C17H34N2/c1-2-7-16-8-5-9-17(11-10-16)18-12-6-15-19-13-3-4-14-19/h16-18H,2-15H2,1H3. The van der Waals surface area contributed by atoms with Crippen molar-refractivity contribution in [2.75, 3.05) is 26.2 Å². The maximum atomic E-state index is 3.82. The van der Waals surface area contributed by atoms with Crippen LogP contribution in [0.2, 0.25) is 0 Å². The fraction of sp³-hybridized carbons (Fsp3) is 1.00. The van der Waals surface area contributed by atoms with Crippen LogP contribution in [0.3, 0.4) is 0 Å². The SMILES string of the molecule is CCCC1CCCC(NCCCN2CCCC2)CC1. The van der Waals surface area contributed by atoms with Crippen molar-refractivity contribution in [1.82, 2.24) is 10.2 Å². The molecule has 1 saturated heterocycles. The molecule has 1 heterocycles. The van der Waals surface area contributed by atoms with Crippen LogP contribution in [-0.2, 0) is 0 Å². The van der Waals surface area contributed by atoms with Gasteiger partial charge in [-0.25, -0.2) is 0 Å². The van der Waals surface area contributed by atoms with Crippen molar-refractivity contribution in [3.8, 4) is 0 Å². The first-order valence-corrected chi connectivity index (χ1v) is 8.84. The molecule has 2 nitrogen and oxygen atoms in total. The highest BCUT2D eigenvalue weighted by Crippen LogP contribution is 2.26. The van der Waals surface area contributed by atoms with Crippen LogP contribution < -0.4 is 5.32 Å². The fourth-order valence-corrected chi connectivity index (χ4v) is 3.89. The van der Waals surface area contributed by atoms with E-state index >= 15 is 0 Å². The first-order chi connectivity index (χ1) is 9.38. The van der Waals surface area contributed by atoms with E-state index in [4.69, 9.17) is 0 Å². The molecule has 0 aromatic heterocycles. The molecule has 19 heavy (non-hydrogen) atoms. The van der Waals surface area contributed by atoms with E-state index in [1.807, 2.05) is 0 Å². The Morgan fingerprint density at radius 1 is 1.00 bits per heavy atom. The summed E-state index contributed by atoms with van der Waals surface area (Å²) >= 11 is 0. The van der Waals surface area contributed by atoms with Crippen molar-refractivity contribution < 1.29 is 0 Å². The predicted octanol–water partition coefficient (Wildman–Crippen LogP) is 3.81. The van der Waals surface area contributed by atoms with Gasteiger partial charge in [-0.2, -0.15) is 0 Å². The lowest BCUT2D eigenvalue weighted by molar-refractivity contribution is 0.324. The molecule has 0 aromatic carbocycles. The third-order valence-corrected chi connectivity index (χ3v) is 5.07. The highest BCUT2D eigenvalue weighted by molar-refractivity contribution is 4.75. The van der Waals surface area contributed by atoms with E-state index in [1.165, 1.54) is 90.4 Å². The van der Waals surface area contributed by atoms with Gasteiger partial charge in [0.25, 0.3) is 0 Å². The summed E-state index contributed by atoms with van der Waals surface area (Å²) in [6, 6.07) is 0.820. The smallest absolute Gasteiger partial charge is 0.00671 e. The quantitative estimate of drug-likeness (QED) is 0.557. The van der Waals surface area contributed by atoms with Crippen LogP contribution in [0, 0.1) is 5.92 Å². The van der Waals surface area contributed by atoms with Gasteiger partial charge in [-0.1, -0.05) is 32.6 Å². The van der Waals surface area contributed by atoms with Crippen LogP contribution in [-0.4, -0.2) is 37.1 Å². The Balaban J connectivity index is 1.53. The van der Waals surface area contributed by atoms with Gasteiger partial charge in [0.1, 0.15) is 0 Å². The molecule has 2 atom stereocenters. The summed E-state index contributed by atoms with van der Waals surface area (Å²) in [7, 11) is 0. The van der Waals surface area contributed by atoms with Crippen molar-refractivity contribution in [3.05, 3.63) is 0 Å². The molecule has 0 radical (unpaired) electrons. The summed E-state index contributed by atoms with van der Waals surface area (Å²) in [6.45, 7) is 7.58. The van der Waals surface area contributed by atoms with Crippen molar-refractivity contribution in [1.29, 1.82) is 0 Å². The second kappa shape index (κ2) is 8.97. The molecule has 112 valence electrons. The summed E-state index contributed by atoms with van der Waals surface area (Å²) < 4.78 is 0. The number of hydrogen-bond acceptors (Lipinski definition) is 2. The average molecular weight is 266 g/mol. The first kappa shape index (κ1) is 15.3. The molecule has 0 spiro atoms. The maximum absolute atomic E-state index is 3.82. The van der Waals surface area contributed by atoms with Crippen LogP contribution >= 0.6 is 0 Å². The van der Waals surface area contributed by atoms with E-state index in [0.717, 1.165) is 12.0 Å². The van der Waals surface area contributed by atoms with E-state index in [9.17, 15) is 0 Å². The number of likely N-dealkylation sites (tertiary alicyclic amines) is 1. The molecule has 2 rings (SSSR count). The zero-order valence-electron chi connectivity index (χ0n) is 13.0. The van der Waals surface area contributed by atoms with Gasteiger partial charge in [0, 0.05) is 6.04 Å². The van der Waals surface area contributed by atoms with Crippen molar-refractivity contribution in [2.24, 2.45) is 5.92 Å².